The van der Waals surface area contributed by atoms with Gasteiger partial charge in [-0.25, -0.2) is 9.97 Å². The number of pyridine rings is 2. The summed E-state index contributed by atoms with van der Waals surface area (Å²) < 4.78 is 0. The predicted molar refractivity (Wildman–Crippen MR) is 207 cm³/mol. The van der Waals surface area contributed by atoms with Crippen molar-refractivity contribution in [2.45, 2.75) is 65.5 Å². The average molecular weight is 705 g/mol. The number of para-hydroxylation sites is 2. The number of benzene rings is 2. The molecule has 0 unspecified atom stereocenters. The summed E-state index contributed by atoms with van der Waals surface area (Å²) >= 11 is 6.02. The number of nitrogens with two attached hydrogens (primary N) is 1. The molecule has 264 valence electrons. The van der Waals surface area contributed by atoms with Gasteiger partial charge in [0.2, 0.25) is 0 Å². The molecule has 0 saturated heterocycles. The fraction of sp³-hybridized carbons (Fsp3) is 0.300. The van der Waals surface area contributed by atoms with Crippen LogP contribution >= 0.6 is 11.6 Å². The zero-order valence-electron chi connectivity index (χ0n) is 29.9. The SMILES string of the molecule is CC(C)(C)N.CC(C)(C)Nc1ccc2cccc(-c3cc4c([nH]3)CCNC4=O)c2n1.O=C1NCCc2[nH]c(-c3cccc4ccc(Cl)nc34)cc21. The van der Waals surface area contributed by atoms with Crippen LogP contribution in [0.2, 0.25) is 5.15 Å². The van der Waals surface area contributed by atoms with Gasteiger partial charge < -0.3 is 31.7 Å². The fourth-order valence-electron chi connectivity index (χ4n) is 6.04. The minimum absolute atomic E-state index is 0. The maximum Gasteiger partial charge on any atom is 0.253 e. The van der Waals surface area contributed by atoms with Gasteiger partial charge in [-0.15, -0.1) is 0 Å². The maximum absolute atomic E-state index is 12.0. The van der Waals surface area contributed by atoms with Crippen LogP contribution in [0.5, 0.6) is 0 Å². The lowest BCUT2D eigenvalue weighted by Crippen LogP contribution is -2.31. The number of nitrogens with one attached hydrogen (secondary N) is 5. The van der Waals surface area contributed by atoms with Gasteiger partial charge in [-0.1, -0.05) is 48.0 Å². The minimum Gasteiger partial charge on any atom is -0.365 e. The van der Waals surface area contributed by atoms with E-state index in [4.69, 9.17) is 22.3 Å². The zero-order valence-corrected chi connectivity index (χ0v) is 30.7. The van der Waals surface area contributed by atoms with E-state index in [0.29, 0.717) is 18.2 Å². The molecule has 6 aromatic rings. The zero-order chi connectivity index (χ0) is 36.5. The van der Waals surface area contributed by atoms with Gasteiger partial charge in [-0.05, 0) is 77.9 Å². The molecule has 7 N–H and O–H groups in total. The third-order valence-electron chi connectivity index (χ3n) is 8.10. The Bertz CT molecular complexity index is 2230. The van der Waals surface area contributed by atoms with Crippen LogP contribution < -0.4 is 21.7 Å². The largest absolute Gasteiger partial charge is 0.365 e. The number of amides is 2. The Morgan fingerprint density at radius 1 is 0.667 bits per heavy atom. The van der Waals surface area contributed by atoms with Gasteiger partial charge in [-0.3, -0.25) is 9.59 Å². The first-order valence-electron chi connectivity index (χ1n) is 17.2. The first-order valence-corrected chi connectivity index (χ1v) is 17.5. The monoisotopic (exact) mass is 704 g/mol. The molecule has 0 atom stereocenters. The van der Waals surface area contributed by atoms with Gasteiger partial charge in [0.1, 0.15) is 11.0 Å². The molecule has 0 fully saturated rings. The van der Waals surface area contributed by atoms with E-state index >= 15 is 0 Å². The van der Waals surface area contributed by atoms with Crippen molar-refractivity contribution >= 4 is 51.0 Å². The number of nitrogens with zero attached hydrogens (tertiary/aromatic N) is 2. The highest BCUT2D eigenvalue weighted by atomic mass is 35.5. The van der Waals surface area contributed by atoms with E-state index in [9.17, 15) is 9.59 Å². The molecule has 6 heterocycles. The van der Waals surface area contributed by atoms with Gasteiger partial charge in [0, 0.05) is 81.7 Å². The van der Waals surface area contributed by atoms with Crippen LogP contribution in [-0.4, -0.2) is 55.9 Å². The third-order valence-corrected chi connectivity index (χ3v) is 8.31. The van der Waals surface area contributed by atoms with E-state index in [1.807, 2.05) is 75.4 Å². The normalized spacial score (nSPS) is 14.0. The van der Waals surface area contributed by atoms with Crippen LogP contribution in [0.15, 0.2) is 72.8 Å². The molecule has 4 aromatic heterocycles. The van der Waals surface area contributed by atoms with E-state index in [0.717, 1.165) is 85.5 Å². The molecular formula is C40H45ClN8O2. The van der Waals surface area contributed by atoms with Gasteiger partial charge in [0.05, 0.1) is 22.2 Å². The molecule has 0 spiro atoms. The molecule has 2 amide bonds. The Labute approximate surface area is 303 Å². The van der Waals surface area contributed by atoms with Crippen LogP contribution in [0, 0.1) is 0 Å². The smallest absolute Gasteiger partial charge is 0.253 e. The first kappa shape index (κ1) is 35.6. The Kier molecular flexibility index (Phi) is 9.92. The number of rotatable bonds is 3. The molecule has 8 rings (SSSR count). The Balaban J connectivity index is 0.000000157. The van der Waals surface area contributed by atoms with Crippen LogP contribution in [0.1, 0.15) is 73.6 Å². The molecular weight excluding hydrogens is 660 g/mol. The van der Waals surface area contributed by atoms with Crippen molar-refractivity contribution in [3.05, 3.63) is 100 Å². The summed E-state index contributed by atoms with van der Waals surface area (Å²) in [6.45, 7) is 13.6. The second kappa shape index (κ2) is 14.2. The van der Waals surface area contributed by atoms with E-state index in [2.05, 4.69) is 63.8 Å². The van der Waals surface area contributed by atoms with Crippen molar-refractivity contribution in [1.82, 2.24) is 30.6 Å². The summed E-state index contributed by atoms with van der Waals surface area (Å²) in [5.41, 5.74) is 14.3. The molecule has 51 heavy (non-hydrogen) atoms. The first-order chi connectivity index (χ1) is 24.1. The molecule has 2 aromatic carbocycles. The highest BCUT2D eigenvalue weighted by molar-refractivity contribution is 6.29. The minimum atomic E-state index is -0.0563. The van der Waals surface area contributed by atoms with E-state index in [1.54, 1.807) is 6.07 Å². The summed E-state index contributed by atoms with van der Waals surface area (Å²) in [7, 11) is 0. The summed E-state index contributed by atoms with van der Waals surface area (Å²) in [6, 6.07) is 23.7. The lowest BCUT2D eigenvalue weighted by Gasteiger charge is -2.21. The number of halogens is 1. The fourth-order valence-corrected chi connectivity index (χ4v) is 6.18. The number of aromatic amines is 2. The van der Waals surface area contributed by atoms with Crippen molar-refractivity contribution in [1.29, 1.82) is 0 Å². The number of fused-ring (bicyclic) bond motifs is 4. The van der Waals surface area contributed by atoms with E-state index < -0.39 is 0 Å². The summed E-state index contributed by atoms with van der Waals surface area (Å²) in [5, 5.41) is 11.7. The lowest BCUT2D eigenvalue weighted by molar-refractivity contribution is 0.0937. The highest BCUT2D eigenvalue weighted by Gasteiger charge is 2.22. The van der Waals surface area contributed by atoms with Crippen LogP contribution in [0.25, 0.3) is 44.3 Å². The number of hydrogen-bond acceptors (Lipinski definition) is 6. The topological polar surface area (TPSA) is 154 Å². The van der Waals surface area contributed by atoms with Crippen LogP contribution in [0.3, 0.4) is 0 Å². The number of anilines is 1. The van der Waals surface area contributed by atoms with Crippen LogP contribution in [0.4, 0.5) is 5.82 Å². The second-order valence-corrected chi connectivity index (χ2v) is 15.4. The second-order valence-electron chi connectivity index (χ2n) is 15.0. The van der Waals surface area contributed by atoms with Gasteiger partial charge >= 0.3 is 0 Å². The van der Waals surface area contributed by atoms with Crippen molar-refractivity contribution in [2.24, 2.45) is 5.73 Å². The summed E-state index contributed by atoms with van der Waals surface area (Å²) in [5.74, 6) is 0.818. The van der Waals surface area contributed by atoms with Crippen molar-refractivity contribution in [3.63, 3.8) is 0 Å². The number of carbonyl (C=O) groups is 2. The summed E-state index contributed by atoms with van der Waals surface area (Å²) in [6.07, 6.45) is 1.65. The average Bonchev–Trinajstić information content (AvgIpc) is 3.70. The molecule has 0 saturated carbocycles. The molecule has 0 radical (unpaired) electrons. The van der Waals surface area contributed by atoms with E-state index in [-0.39, 0.29) is 22.9 Å². The quantitative estimate of drug-likeness (QED) is 0.104. The highest BCUT2D eigenvalue weighted by Crippen LogP contribution is 2.32. The third kappa shape index (κ3) is 8.58. The number of H-pyrrole nitrogens is 2. The Hall–Kier alpha value is -5.19. The Morgan fingerprint density at radius 2 is 1.14 bits per heavy atom. The number of aromatic nitrogens is 4. The molecule has 2 aliphatic heterocycles. The molecule has 10 nitrogen and oxygen atoms in total. The Morgan fingerprint density at radius 3 is 1.61 bits per heavy atom. The van der Waals surface area contributed by atoms with Crippen molar-refractivity contribution < 1.29 is 9.59 Å². The van der Waals surface area contributed by atoms with Crippen molar-refractivity contribution in [3.8, 4) is 22.5 Å². The van der Waals surface area contributed by atoms with Gasteiger partial charge in [0.15, 0.2) is 0 Å². The predicted octanol–water partition coefficient (Wildman–Crippen LogP) is 7.64. The molecule has 2 aliphatic rings. The van der Waals surface area contributed by atoms with E-state index in [1.165, 1.54) is 0 Å². The lowest BCUT2D eigenvalue weighted by atomic mass is 10.1. The van der Waals surface area contributed by atoms with Gasteiger partial charge in [0.25, 0.3) is 11.8 Å². The summed E-state index contributed by atoms with van der Waals surface area (Å²) in [4.78, 5) is 39.9. The molecule has 0 aliphatic carbocycles. The van der Waals surface area contributed by atoms with Gasteiger partial charge in [-0.2, -0.15) is 0 Å². The molecule has 11 heteroatoms. The van der Waals surface area contributed by atoms with Crippen molar-refractivity contribution in [2.75, 3.05) is 18.4 Å². The molecule has 0 bridgehead atoms. The van der Waals surface area contributed by atoms with Crippen LogP contribution in [-0.2, 0) is 12.8 Å². The maximum atomic E-state index is 12.0. The number of hydrogen-bond donors (Lipinski definition) is 6. The number of carbonyl (C=O) groups excluding carboxylic acids is 2. The standard InChI is InChI=1S/C20H22N4O.C16H12ClN3O.C4H11N/c1-20(2,3)24-17-8-7-12-5-4-6-13(18(12)23-17)16-11-14-15(22-16)9-10-21-19(14)25;17-14-5-4-9-2-1-3-10(15(9)20-14)13-8-11-12(19-13)6-7-18-16(11)21;1-4(2,3)5/h4-8,11,22H,9-10H2,1-3H3,(H,21,25)(H,23,24);1-5,8,19H,6-7H2,(H,18,21);5H2,1-3H3.